The Kier molecular flexibility index (Phi) is 7.21. The van der Waals surface area contributed by atoms with E-state index in [1.165, 1.54) is 48.5 Å². The zero-order valence-corrected chi connectivity index (χ0v) is 20.3. The maximum Gasteiger partial charge on any atom is 0.256 e. The van der Waals surface area contributed by atoms with Crippen molar-refractivity contribution in [3.63, 3.8) is 0 Å². The predicted octanol–water partition coefficient (Wildman–Crippen LogP) is 5.49. The molecule has 174 valence electrons. The molecule has 0 heterocycles. The van der Waals surface area contributed by atoms with E-state index in [1.807, 2.05) is 0 Å². The Labute approximate surface area is 195 Å². The fourth-order valence-electron chi connectivity index (χ4n) is 3.51. The molecule has 0 amide bonds. The molecule has 0 saturated carbocycles. The number of benzene rings is 3. The molecule has 0 N–H and O–H groups in total. The molecule has 0 aliphatic rings. The van der Waals surface area contributed by atoms with Crippen molar-refractivity contribution in [2.75, 3.05) is 6.54 Å². The third-order valence-corrected chi connectivity index (χ3v) is 9.21. The van der Waals surface area contributed by atoms with Gasteiger partial charge in [0.15, 0.2) is 0 Å². The summed E-state index contributed by atoms with van der Waals surface area (Å²) < 4.78 is 70.0. The number of hydrogen-bond donors (Lipinski definition) is 0. The van der Waals surface area contributed by atoms with Crippen LogP contribution in [0.5, 0.6) is 0 Å². The van der Waals surface area contributed by atoms with E-state index in [-0.39, 0.29) is 19.1 Å². The second-order valence-electron chi connectivity index (χ2n) is 8.46. The van der Waals surface area contributed by atoms with Gasteiger partial charge in [0.2, 0.25) is 0 Å². The minimum atomic E-state index is -4.59. The van der Waals surface area contributed by atoms with Gasteiger partial charge in [0.05, 0.1) is 16.3 Å². The summed E-state index contributed by atoms with van der Waals surface area (Å²) in [5.74, 6) is -0.840. The van der Waals surface area contributed by atoms with Gasteiger partial charge in [-0.2, -0.15) is 0 Å². The van der Waals surface area contributed by atoms with Crippen LogP contribution in [0.1, 0.15) is 26.3 Å². The molecular weight excluding hydrogens is 461 g/mol. The SMILES string of the molecule is CC(C)(C)/C(=C(\F)CN(S(=O)(=O)c1ccccc1)S(=O)(=O)c1ccccc1)c1ccccc1. The van der Waals surface area contributed by atoms with Crippen LogP contribution < -0.4 is 0 Å². The molecule has 0 bridgehead atoms. The minimum Gasteiger partial charge on any atom is -0.210 e. The molecule has 0 saturated heterocycles. The lowest BCUT2D eigenvalue weighted by atomic mass is 9.81. The molecule has 8 heteroatoms. The molecule has 0 aliphatic heterocycles. The Morgan fingerprint density at radius 3 is 1.42 bits per heavy atom. The van der Waals surface area contributed by atoms with Gasteiger partial charge in [-0.15, -0.1) is 0 Å². The predicted molar refractivity (Wildman–Crippen MR) is 128 cm³/mol. The molecule has 0 spiro atoms. The minimum absolute atomic E-state index is 0.236. The topological polar surface area (TPSA) is 71.5 Å². The van der Waals surface area contributed by atoms with Gasteiger partial charge < -0.3 is 0 Å². The fraction of sp³-hybridized carbons (Fsp3) is 0.200. The molecule has 3 aromatic carbocycles. The number of hydrogen-bond acceptors (Lipinski definition) is 4. The van der Waals surface area contributed by atoms with E-state index in [0.717, 1.165) is 0 Å². The summed E-state index contributed by atoms with van der Waals surface area (Å²) in [5, 5.41) is 0. The maximum atomic E-state index is 15.9. The van der Waals surface area contributed by atoms with Crippen LogP contribution in [0.15, 0.2) is 107 Å². The van der Waals surface area contributed by atoms with Gasteiger partial charge in [-0.25, -0.2) is 21.2 Å². The highest BCUT2D eigenvalue weighted by Crippen LogP contribution is 2.38. The second kappa shape index (κ2) is 9.59. The molecular formula is C25H26FNO4S2. The third kappa shape index (κ3) is 5.40. The first-order valence-corrected chi connectivity index (χ1v) is 13.2. The Morgan fingerprint density at radius 1 is 0.697 bits per heavy atom. The smallest absolute Gasteiger partial charge is 0.210 e. The Morgan fingerprint density at radius 2 is 1.06 bits per heavy atom. The van der Waals surface area contributed by atoms with E-state index in [2.05, 4.69) is 0 Å². The average molecular weight is 488 g/mol. The Hall–Kier alpha value is -2.81. The number of nitrogens with zero attached hydrogens (tertiary/aromatic N) is 1. The van der Waals surface area contributed by atoms with E-state index >= 15 is 4.39 Å². The summed E-state index contributed by atoms with van der Waals surface area (Å²) in [5.41, 5.74) is 0.0701. The lowest BCUT2D eigenvalue weighted by molar-refractivity contribution is 0.470. The zero-order valence-electron chi connectivity index (χ0n) is 18.6. The summed E-state index contributed by atoms with van der Waals surface area (Å²) in [4.78, 5) is -0.483. The lowest BCUT2D eigenvalue weighted by Crippen LogP contribution is -2.38. The molecule has 5 nitrogen and oxygen atoms in total. The summed E-state index contributed by atoms with van der Waals surface area (Å²) in [6.45, 7) is 4.40. The number of rotatable bonds is 7. The second-order valence-corrected chi connectivity index (χ2v) is 12.4. The van der Waals surface area contributed by atoms with Gasteiger partial charge in [0, 0.05) is 0 Å². The van der Waals surface area contributed by atoms with Crippen LogP contribution in [-0.4, -0.2) is 27.1 Å². The first-order valence-electron chi connectivity index (χ1n) is 10.3. The molecule has 0 aliphatic carbocycles. The van der Waals surface area contributed by atoms with Crippen molar-refractivity contribution in [1.29, 1.82) is 0 Å². The van der Waals surface area contributed by atoms with Gasteiger partial charge in [-0.05, 0) is 40.8 Å². The van der Waals surface area contributed by atoms with Crippen molar-refractivity contribution in [2.24, 2.45) is 5.41 Å². The number of halogens is 1. The van der Waals surface area contributed by atoms with E-state index in [4.69, 9.17) is 0 Å². The summed E-state index contributed by atoms with van der Waals surface area (Å²) in [6, 6.07) is 23.0. The van der Waals surface area contributed by atoms with Crippen LogP contribution in [0.4, 0.5) is 4.39 Å². The van der Waals surface area contributed by atoms with Crippen molar-refractivity contribution in [3.8, 4) is 0 Å². The van der Waals surface area contributed by atoms with Crippen LogP contribution in [0.25, 0.3) is 5.57 Å². The molecule has 0 fully saturated rings. The molecule has 0 unspecified atom stereocenters. The molecule has 3 aromatic rings. The molecule has 33 heavy (non-hydrogen) atoms. The highest BCUT2D eigenvalue weighted by atomic mass is 32.3. The standard InChI is InChI=1S/C25H26FNO4S2/c1-25(2,3)24(20-13-7-4-8-14-20)23(26)19-27(32(28,29)21-15-9-5-10-16-21)33(30,31)22-17-11-6-12-18-22/h4-18H,19H2,1-3H3/b24-23-. The first-order chi connectivity index (χ1) is 15.5. The number of allylic oxidation sites excluding steroid dienone is 1. The van der Waals surface area contributed by atoms with Crippen molar-refractivity contribution in [2.45, 2.75) is 30.6 Å². The van der Waals surface area contributed by atoms with Gasteiger partial charge in [-0.1, -0.05) is 91.2 Å². The number of sulfonamides is 2. The maximum absolute atomic E-state index is 15.9. The van der Waals surface area contributed by atoms with Crippen LogP contribution >= 0.6 is 0 Å². The van der Waals surface area contributed by atoms with Crippen LogP contribution in [0.2, 0.25) is 0 Å². The highest BCUT2D eigenvalue weighted by Gasteiger charge is 2.38. The lowest BCUT2D eigenvalue weighted by Gasteiger charge is -2.27. The van der Waals surface area contributed by atoms with Gasteiger partial charge in [-0.3, -0.25) is 0 Å². The third-order valence-electron chi connectivity index (χ3n) is 4.97. The van der Waals surface area contributed by atoms with Crippen molar-refractivity contribution >= 4 is 25.6 Å². The Bertz CT molecular complexity index is 1260. The Balaban J connectivity index is 2.23. The largest absolute Gasteiger partial charge is 0.256 e. The summed E-state index contributed by atoms with van der Waals surface area (Å²) >= 11 is 0. The van der Waals surface area contributed by atoms with E-state index in [0.29, 0.717) is 5.56 Å². The van der Waals surface area contributed by atoms with E-state index in [1.54, 1.807) is 63.2 Å². The van der Waals surface area contributed by atoms with E-state index < -0.39 is 37.8 Å². The molecule has 3 rings (SSSR count). The van der Waals surface area contributed by atoms with Gasteiger partial charge >= 0.3 is 0 Å². The monoisotopic (exact) mass is 487 g/mol. The highest BCUT2D eigenvalue weighted by molar-refractivity contribution is 8.04. The zero-order chi connectivity index (χ0) is 24.3. The molecule has 0 aromatic heterocycles. The quantitative estimate of drug-likeness (QED) is 0.442. The average Bonchev–Trinajstić information content (AvgIpc) is 2.78. The molecule has 0 radical (unpaired) electrons. The van der Waals surface area contributed by atoms with Crippen LogP contribution in [-0.2, 0) is 20.0 Å². The van der Waals surface area contributed by atoms with Crippen LogP contribution in [0.3, 0.4) is 0 Å². The summed E-state index contributed by atoms with van der Waals surface area (Å²) in [7, 11) is -9.18. The van der Waals surface area contributed by atoms with Crippen molar-refractivity contribution in [1.82, 2.24) is 3.71 Å². The van der Waals surface area contributed by atoms with Crippen LogP contribution in [0, 0.1) is 5.41 Å². The molecule has 0 atom stereocenters. The first kappa shape index (κ1) is 24.8. The fourth-order valence-corrected chi connectivity index (χ4v) is 7.10. The van der Waals surface area contributed by atoms with E-state index in [9.17, 15) is 16.8 Å². The summed E-state index contributed by atoms with van der Waals surface area (Å²) in [6.07, 6.45) is 0. The normalized spacial score (nSPS) is 13.6. The van der Waals surface area contributed by atoms with Crippen molar-refractivity contribution in [3.05, 3.63) is 102 Å². The van der Waals surface area contributed by atoms with Gasteiger partial charge in [0.1, 0.15) is 5.83 Å². The van der Waals surface area contributed by atoms with Gasteiger partial charge in [0.25, 0.3) is 20.0 Å². The van der Waals surface area contributed by atoms with Crippen molar-refractivity contribution < 1.29 is 21.2 Å².